The van der Waals surface area contributed by atoms with Crippen LogP contribution in [0.25, 0.3) is 0 Å². The fourth-order valence-corrected chi connectivity index (χ4v) is 2.92. The Morgan fingerprint density at radius 1 is 1.13 bits per heavy atom. The van der Waals surface area contributed by atoms with Crippen molar-refractivity contribution in [3.05, 3.63) is 82.5 Å². The molecule has 2 N–H and O–H groups in total. The first kappa shape index (κ1) is 21.4. The van der Waals surface area contributed by atoms with Crippen LogP contribution in [0.15, 0.2) is 59.3 Å². The fourth-order valence-electron chi connectivity index (χ4n) is 2.79. The molecule has 0 unspecified atom stereocenters. The second-order valence-electron chi connectivity index (χ2n) is 6.63. The number of benzene rings is 2. The van der Waals surface area contributed by atoms with Crippen molar-refractivity contribution in [1.82, 2.24) is 10.3 Å². The molecule has 3 aromatic rings. The summed E-state index contributed by atoms with van der Waals surface area (Å²) in [6.45, 7) is 3.92. The number of carbonyl (C=O) groups excluding carboxylic acids is 2. The number of oxazole rings is 1. The number of halogens is 1. The summed E-state index contributed by atoms with van der Waals surface area (Å²) in [4.78, 5) is 28.4. The molecule has 1 heterocycles. The third kappa shape index (κ3) is 5.61. The Kier molecular flexibility index (Phi) is 7.08. The Balaban J connectivity index is 1.51. The van der Waals surface area contributed by atoms with E-state index >= 15 is 0 Å². The first-order valence-electron chi connectivity index (χ1n) is 9.47. The van der Waals surface area contributed by atoms with Crippen molar-refractivity contribution in [2.24, 2.45) is 0 Å². The normalized spacial score (nSPS) is 11.6. The van der Waals surface area contributed by atoms with Crippen molar-refractivity contribution in [2.45, 2.75) is 32.9 Å². The van der Waals surface area contributed by atoms with Crippen molar-refractivity contribution in [3.8, 4) is 0 Å². The van der Waals surface area contributed by atoms with E-state index in [1.165, 1.54) is 6.39 Å². The lowest BCUT2D eigenvalue weighted by molar-refractivity contribution is 0.0910. The lowest BCUT2D eigenvalue weighted by Gasteiger charge is -2.14. The molecule has 0 aliphatic carbocycles. The molecule has 0 spiro atoms. The number of carbonyl (C=O) groups is 2. The zero-order chi connectivity index (χ0) is 21.5. The number of anilines is 1. The average Bonchev–Trinajstić information content (AvgIpc) is 3.23. The molecule has 0 bridgehead atoms. The highest BCUT2D eigenvalue weighted by molar-refractivity contribution is 6.30. The summed E-state index contributed by atoms with van der Waals surface area (Å²) in [5, 5.41) is 6.18. The molecule has 0 radical (unpaired) electrons. The number of hydrogen-bond donors (Lipinski definition) is 2. The summed E-state index contributed by atoms with van der Waals surface area (Å²) in [6, 6.07) is 13.9. The van der Waals surface area contributed by atoms with Gasteiger partial charge in [0.1, 0.15) is 6.61 Å². The monoisotopic (exact) mass is 427 g/mol. The zero-order valence-corrected chi connectivity index (χ0v) is 17.4. The predicted octanol–water partition coefficient (Wildman–Crippen LogP) is 5.13. The maximum absolute atomic E-state index is 12.4. The van der Waals surface area contributed by atoms with Crippen molar-refractivity contribution >= 4 is 29.3 Å². The number of amides is 2. The molecule has 0 aliphatic heterocycles. The third-order valence-electron chi connectivity index (χ3n) is 4.47. The van der Waals surface area contributed by atoms with Gasteiger partial charge >= 0.3 is 6.09 Å². The number of rotatable bonds is 7. The zero-order valence-electron chi connectivity index (χ0n) is 16.6. The Hall–Kier alpha value is -3.32. The van der Waals surface area contributed by atoms with Crippen LogP contribution >= 0.6 is 11.6 Å². The second-order valence-corrected chi connectivity index (χ2v) is 7.06. The smallest absolute Gasteiger partial charge is 0.411 e. The van der Waals surface area contributed by atoms with E-state index in [1.54, 1.807) is 36.4 Å². The highest BCUT2D eigenvalue weighted by atomic mass is 35.5. The summed E-state index contributed by atoms with van der Waals surface area (Å²) in [7, 11) is 0. The summed E-state index contributed by atoms with van der Waals surface area (Å²) in [5.41, 5.74) is 2.92. The van der Waals surface area contributed by atoms with Crippen LogP contribution in [0.2, 0.25) is 5.02 Å². The van der Waals surface area contributed by atoms with Crippen LogP contribution in [-0.4, -0.2) is 17.0 Å². The van der Waals surface area contributed by atoms with Crippen LogP contribution in [0.5, 0.6) is 0 Å². The van der Waals surface area contributed by atoms with Gasteiger partial charge in [-0.2, -0.15) is 0 Å². The highest BCUT2D eigenvalue weighted by Gasteiger charge is 2.18. The van der Waals surface area contributed by atoms with Crippen LogP contribution in [0.4, 0.5) is 10.5 Å². The van der Waals surface area contributed by atoms with E-state index in [-0.39, 0.29) is 24.3 Å². The minimum atomic E-state index is -0.559. The molecule has 3 rings (SSSR count). The molecule has 0 aliphatic rings. The molecule has 0 fully saturated rings. The van der Waals surface area contributed by atoms with Crippen LogP contribution in [-0.2, 0) is 17.8 Å². The number of ether oxygens (including phenoxy) is 1. The molecule has 0 saturated carbocycles. The summed E-state index contributed by atoms with van der Waals surface area (Å²) in [5.74, 6) is -0.0871. The van der Waals surface area contributed by atoms with Crippen LogP contribution in [0.1, 0.15) is 47.3 Å². The van der Waals surface area contributed by atoms with E-state index in [2.05, 4.69) is 15.6 Å². The van der Waals surface area contributed by atoms with Gasteiger partial charge in [-0.1, -0.05) is 42.8 Å². The van der Waals surface area contributed by atoms with Gasteiger partial charge in [0.2, 0.25) is 5.76 Å². The van der Waals surface area contributed by atoms with Gasteiger partial charge in [0.15, 0.2) is 6.39 Å². The van der Waals surface area contributed by atoms with Gasteiger partial charge < -0.3 is 14.5 Å². The average molecular weight is 428 g/mol. The van der Waals surface area contributed by atoms with Gasteiger partial charge in [0.05, 0.1) is 11.7 Å². The molecule has 1 atom stereocenters. The largest absolute Gasteiger partial charge is 0.444 e. The molecular formula is C22H22ClN3O4. The van der Waals surface area contributed by atoms with Gasteiger partial charge in [-0.05, 0) is 48.7 Å². The number of aryl methyl sites for hydroxylation is 1. The topological polar surface area (TPSA) is 93.5 Å². The van der Waals surface area contributed by atoms with E-state index in [0.29, 0.717) is 22.8 Å². The quantitative estimate of drug-likeness (QED) is 0.545. The lowest BCUT2D eigenvalue weighted by Crippen LogP contribution is -2.27. The Morgan fingerprint density at radius 2 is 1.83 bits per heavy atom. The van der Waals surface area contributed by atoms with Crippen molar-refractivity contribution in [1.29, 1.82) is 0 Å². The Labute approximate surface area is 179 Å². The summed E-state index contributed by atoms with van der Waals surface area (Å²) >= 11 is 5.83. The van der Waals surface area contributed by atoms with Crippen LogP contribution in [0.3, 0.4) is 0 Å². The SMILES string of the molecule is CCc1ncoc1C(=O)N[C@@H](C)c1ccc(NC(=O)OCc2ccc(Cl)cc2)cc1. The van der Waals surface area contributed by atoms with E-state index < -0.39 is 6.09 Å². The molecule has 156 valence electrons. The van der Waals surface area contributed by atoms with Gasteiger partial charge in [-0.3, -0.25) is 10.1 Å². The van der Waals surface area contributed by atoms with Crippen LogP contribution < -0.4 is 10.6 Å². The Bertz CT molecular complexity index is 1000. The van der Waals surface area contributed by atoms with Crippen molar-refractivity contribution < 1.29 is 18.7 Å². The predicted molar refractivity (Wildman–Crippen MR) is 113 cm³/mol. The van der Waals surface area contributed by atoms with E-state index in [1.807, 2.05) is 26.0 Å². The fraction of sp³-hybridized carbons (Fsp3) is 0.227. The first-order chi connectivity index (χ1) is 14.5. The van der Waals surface area contributed by atoms with E-state index in [0.717, 1.165) is 11.1 Å². The number of aromatic nitrogens is 1. The summed E-state index contributed by atoms with van der Waals surface area (Å²) < 4.78 is 10.4. The highest BCUT2D eigenvalue weighted by Crippen LogP contribution is 2.18. The van der Waals surface area contributed by atoms with Gasteiger partial charge in [-0.25, -0.2) is 9.78 Å². The molecule has 1 aromatic heterocycles. The molecule has 0 saturated heterocycles. The maximum Gasteiger partial charge on any atom is 0.411 e. The second kappa shape index (κ2) is 9.93. The van der Waals surface area contributed by atoms with Gasteiger partial charge in [-0.15, -0.1) is 0 Å². The molecular weight excluding hydrogens is 406 g/mol. The molecule has 8 heteroatoms. The first-order valence-corrected chi connectivity index (χ1v) is 9.85. The molecule has 30 heavy (non-hydrogen) atoms. The van der Waals surface area contributed by atoms with E-state index in [4.69, 9.17) is 20.8 Å². The minimum absolute atomic E-state index is 0.144. The van der Waals surface area contributed by atoms with Crippen LogP contribution in [0, 0.1) is 0 Å². The number of nitrogens with one attached hydrogen (secondary N) is 2. The van der Waals surface area contributed by atoms with Crippen molar-refractivity contribution in [2.75, 3.05) is 5.32 Å². The molecule has 2 aromatic carbocycles. The molecule has 7 nitrogen and oxygen atoms in total. The molecule has 2 amide bonds. The van der Waals surface area contributed by atoms with Gasteiger partial charge in [0, 0.05) is 10.7 Å². The lowest BCUT2D eigenvalue weighted by atomic mass is 10.1. The third-order valence-corrected chi connectivity index (χ3v) is 4.72. The van der Waals surface area contributed by atoms with E-state index in [9.17, 15) is 9.59 Å². The maximum atomic E-state index is 12.4. The van der Waals surface area contributed by atoms with Crippen molar-refractivity contribution in [3.63, 3.8) is 0 Å². The number of hydrogen-bond acceptors (Lipinski definition) is 5. The number of nitrogens with zero attached hydrogens (tertiary/aromatic N) is 1. The van der Waals surface area contributed by atoms with Gasteiger partial charge in [0.25, 0.3) is 5.91 Å². The minimum Gasteiger partial charge on any atom is -0.444 e. The Morgan fingerprint density at radius 3 is 2.50 bits per heavy atom. The standard InChI is InChI=1S/C22H22ClN3O4/c1-3-19-20(30-13-24-19)21(27)25-14(2)16-6-10-18(11-7-16)26-22(28)29-12-15-4-8-17(23)9-5-15/h4-11,13-14H,3,12H2,1-2H3,(H,25,27)(H,26,28)/t14-/m0/s1. The summed E-state index contributed by atoms with van der Waals surface area (Å²) in [6.07, 6.45) is 1.32.